The van der Waals surface area contributed by atoms with Gasteiger partial charge < -0.3 is 8.98 Å². The monoisotopic (exact) mass is 309 g/mol. The van der Waals surface area contributed by atoms with Crippen molar-refractivity contribution in [1.82, 2.24) is 4.57 Å². The second kappa shape index (κ2) is 5.74. The van der Waals surface area contributed by atoms with E-state index in [9.17, 15) is 0 Å². The average Bonchev–Trinajstić information content (AvgIpc) is 2.78. The molecule has 0 N–H and O–H groups in total. The van der Waals surface area contributed by atoms with Crippen molar-refractivity contribution in [3.8, 4) is 0 Å². The zero-order valence-electron chi connectivity index (χ0n) is 12.2. The molecule has 2 heterocycles. The van der Waals surface area contributed by atoms with Crippen molar-refractivity contribution < 1.29 is 4.42 Å². The maximum Gasteiger partial charge on any atom is 0.135 e. The van der Waals surface area contributed by atoms with Gasteiger partial charge in [0.05, 0.1) is 0 Å². The highest BCUT2D eigenvalue weighted by atomic mass is 35.5. The van der Waals surface area contributed by atoms with Crippen LogP contribution < -0.4 is 0 Å². The number of hydrogen-bond acceptors (Lipinski definition) is 1. The number of hydrogen-bond donors (Lipinski definition) is 0. The molecule has 0 unspecified atom stereocenters. The summed E-state index contributed by atoms with van der Waals surface area (Å²) in [6, 6.07) is 20.7. The van der Waals surface area contributed by atoms with Crippen LogP contribution in [0.4, 0.5) is 0 Å². The molecule has 2 aromatic carbocycles. The number of fused-ring (bicyclic) bond motifs is 4. The minimum absolute atomic E-state index is 0. The molecule has 0 atom stereocenters. The lowest BCUT2D eigenvalue weighted by Crippen LogP contribution is -1.80. The Hall–Kier alpha value is -2.45. The number of halogens is 1. The summed E-state index contributed by atoms with van der Waals surface area (Å²) in [5, 5.41) is 4.63. The lowest BCUT2D eigenvalue weighted by atomic mass is 10.1. The van der Waals surface area contributed by atoms with E-state index in [1.165, 1.54) is 10.4 Å². The molecule has 4 rings (SSSR count). The highest BCUT2D eigenvalue weighted by Crippen LogP contribution is 2.22. The van der Waals surface area contributed by atoms with Crippen molar-refractivity contribution in [2.75, 3.05) is 0 Å². The molecule has 0 bridgehead atoms. The number of para-hydroxylation sites is 2. The van der Waals surface area contributed by atoms with Gasteiger partial charge in [-0.05, 0) is 34.7 Å². The van der Waals surface area contributed by atoms with Crippen LogP contribution in [-0.2, 0) is 7.05 Å². The summed E-state index contributed by atoms with van der Waals surface area (Å²) in [5.74, 6) is 0. The Morgan fingerprint density at radius 2 is 1.14 bits per heavy atom. The predicted octanol–water partition coefficient (Wildman–Crippen LogP) is 5.20. The summed E-state index contributed by atoms with van der Waals surface area (Å²) in [6.45, 7) is 0. The van der Waals surface area contributed by atoms with Gasteiger partial charge in [0.1, 0.15) is 11.2 Å². The Labute approximate surface area is 134 Å². The van der Waals surface area contributed by atoms with E-state index in [4.69, 9.17) is 4.42 Å². The summed E-state index contributed by atoms with van der Waals surface area (Å²) in [7, 11) is 2.04. The van der Waals surface area contributed by atoms with E-state index < -0.39 is 0 Å². The summed E-state index contributed by atoms with van der Waals surface area (Å²) in [5.41, 5.74) is 1.80. The van der Waals surface area contributed by atoms with Crippen LogP contribution in [0.15, 0.2) is 77.5 Å². The van der Waals surface area contributed by atoms with Gasteiger partial charge in [0.2, 0.25) is 0 Å². The van der Waals surface area contributed by atoms with E-state index in [0.717, 1.165) is 21.9 Å². The van der Waals surface area contributed by atoms with E-state index in [1.807, 2.05) is 31.3 Å². The third-order valence-corrected chi connectivity index (χ3v) is 3.82. The van der Waals surface area contributed by atoms with Crippen molar-refractivity contribution in [3.63, 3.8) is 0 Å². The number of benzene rings is 2. The van der Waals surface area contributed by atoms with E-state index >= 15 is 0 Å². The molecule has 2 nitrogen and oxygen atoms in total. The largest absolute Gasteiger partial charge is 0.456 e. The Bertz CT molecular complexity index is 978. The van der Waals surface area contributed by atoms with Gasteiger partial charge in [-0.1, -0.05) is 36.4 Å². The summed E-state index contributed by atoms with van der Waals surface area (Å²) >= 11 is 0. The van der Waals surface area contributed by atoms with Crippen LogP contribution in [0.1, 0.15) is 0 Å². The molecule has 0 spiro atoms. The quantitative estimate of drug-likeness (QED) is 0.437. The Kier molecular flexibility index (Phi) is 3.78. The molecule has 2 aliphatic heterocycles. The van der Waals surface area contributed by atoms with Gasteiger partial charge in [0.15, 0.2) is 0 Å². The van der Waals surface area contributed by atoms with E-state index in [0.29, 0.717) is 0 Å². The first-order chi connectivity index (χ1) is 10.3. The summed E-state index contributed by atoms with van der Waals surface area (Å²) < 4.78 is 8.20. The van der Waals surface area contributed by atoms with Gasteiger partial charge in [0.25, 0.3) is 0 Å². The van der Waals surface area contributed by atoms with Gasteiger partial charge >= 0.3 is 0 Å². The zero-order chi connectivity index (χ0) is 14.2. The molecule has 3 heteroatoms. The predicted molar refractivity (Wildman–Crippen MR) is 92.9 cm³/mol. The standard InChI is InChI=1S/C19H15NO.ClH/c1-20-12-10-14-15(11-13-20)17-7-3-5-9-19(17)21-18-8-4-2-6-16(14)18;/h2-13H,1H3;1H. The number of nitrogens with zero attached hydrogens (tertiary/aromatic N) is 1. The number of aromatic nitrogens is 1. The fourth-order valence-corrected chi connectivity index (χ4v) is 2.76. The second-order valence-corrected chi connectivity index (χ2v) is 5.22. The lowest BCUT2D eigenvalue weighted by molar-refractivity contribution is 0.663. The molecule has 0 aromatic heterocycles. The summed E-state index contributed by atoms with van der Waals surface area (Å²) in [4.78, 5) is 0. The van der Waals surface area contributed by atoms with Crippen LogP contribution in [0.3, 0.4) is 0 Å². The third kappa shape index (κ3) is 2.32. The van der Waals surface area contributed by atoms with Crippen LogP contribution in [0.5, 0.6) is 0 Å². The maximum absolute atomic E-state index is 6.14. The molecule has 0 fully saturated rings. The molecule has 2 aliphatic rings. The van der Waals surface area contributed by atoms with Crippen molar-refractivity contribution in [1.29, 1.82) is 0 Å². The van der Waals surface area contributed by atoms with Crippen LogP contribution in [0.2, 0.25) is 0 Å². The van der Waals surface area contributed by atoms with Gasteiger partial charge in [0, 0.05) is 30.2 Å². The maximum atomic E-state index is 6.14. The van der Waals surface area contributed by atoms with Crippen LogP contribution in [0.25, 0.3) is 21.9 Å². The minimum atomic E-state index is 0. The number of aryl methyl sites for hydroxylation is 1. The topological polar surface area (TPSA) is 18.1 Å². The van der Waals surface area contributed by atoms with Gasteiger partial charge in [-0.2, -0.15) is 0 Å². The average molecular weight is 310 g/mol. The normalized spacial score (nSPS) is 10.6. The SMILES string of the molecule is Cl.Cn1ccc2c3ccccc3oc3ccccc3c=2cc1. The molecule has 22 heavy (non-hydrogen) atoms. The zero-order valence-corrected chi connectivity index (χ0v) is 13.0. The van der Waals surface area contributed by atoms with Crippen molar-refractivity contribution in [2.24, 2.45) is 7.05 Å². The van der Waals surface area contributed by atoms with E-state index in [1.54, 1.807) is 0 Å². The van der Waals surface area contributed by atoms with Gasteiger partial charge in [-0.3, -0.25) is 0 Å². The molecular weight excluding hydrogens is 294 g/mol. The van der Waals surface area contributed by atoms with Crippen LogP contribution in [-0.4, -0.2) is 4.57 Å². The fraction of sp³-hybridized carbons (Fsp3) is 0.0526. The lowest BCUT2D eigenvalue weighted by Gasteiger charge is -1.92. The highest BCUT2D eigenvalue weighted by molar-refractivity contribution is 5.85. The first-order valence-electron chi connectivity index (χ1n) is 7.02. The van der Waals surface area contributed by atoms with Crippen molar-refractivity contribution in [2.45, 2.75) is 0 Å². The van der Waals surface area contributed by atoms with E-state index in [2.05, 4.69) is 53.4 Å². The first kappa shape index (κ1) is 14.5. The fourth-order valence-electron chi connectivity index (χ4n) is 2.76. The molecule has 0 radical (unpaired) electrons. The molecular formula is C19H16ClNO. The Balaban J connectivity index is 0.00000144. The molecule has 0 saturated carbocycles. The Morgan fingerprint density at radius 1 is 0.682 bits per heavy atom. The smallest absolute Gasteiger partial charge is 0.135 e. The first-order valence-corrected chi connectivity index (χ1v) is 7.02. The van der Waals surface area contributed by atoms with Crippen molar-refractivity contribution >= 4 is 34.3 Å². The summed E-state index contributed by atoms with van der Waals surface area (Å²) in [6.07, 6.45) is 4.15. The second-order valence-electron chi connectivity index (χ2n) is 5.22. The van der Waals surface area contributed by atoms with Crippen LogP contribution >= 0.6 is 12.4 Å². The van der Waals surface area contributed by atoms with Gasteiger partial charge in [-0.15, -0.1) is 12.4 Å². The molecule has 0 aliphatic carbocycles. The molecule has 0 saturated heterocycles. The minimum Gasteiger partial charge on any atom is -0.456 e. The highest BCUT2D eigenvalue weighted by Gasteiger charge is 2.02. The molecule has 110 valence electrons. The number of rotatable bonds is 0. The van der Waals surface area contributed by atoms with Crippen LogP contribution in [0, 0.1) is 10.4 Å². The van der Waals surface area contributed by atoms with Crippen molar-refractivity contribution in [3.05, 3.63) is 83.5 Å². The molecule has 0 amide bonds. The molecule has 2 aromatic rings. The Morgan fingerprint density at radius 3 is 1.64 bits per heavy atom. The third-order valence-electron chi connectivity index (χ3n) is 3.82. The van der Waals surface area contributed by atoms with Gasteiger partial charge in [-0.25, -0.2) is 0 Å². The van der Waals surface area contributed by atoms with E-state index in [-0.39, 0.29) is 12.4 Å².